The van der Waals surface area contributed by atoms with E-state index in [0.29, 0.717) is 0 Å². The average molecular weight is 374 g/mol. The van der Waals surface area contributed by atoms with E-state index in [-0.39, 0.29) is 10.3 Å². The number of rotatable bonds is 6. The van der Waals surface area contributed by atoms with Gasteiger partial charge in [0.15, 0.2) is 0 Å². The molecule has 0 fully saturated rings. The largest absolute Gasteiger partial charge is 0.394 e. The van der Waals surface area contributed by atoms with E-state index in [1.54, 1.807) is 22.6 Å². The van der Waals surface area contributed by atoms with Gasteiger partial charge in [-0.1, -0.05) is 0 Å². The predicted octanol–water partition coefficient (Wildman–Crippen LogP) is -1.19. The van der Waals surface area contributed by atoms with Crippen molar-refractivity contribution in [3.05, 3.63) is 30.6 Å². The average Bonchev–Trinajstić information content (AvgIpc) is 2.35. The van der Waals surface area contributed by atoms with Crippen molar-refractivity contribution in [2.75, 3.05) is 13.3 Å². The van der Waals surface area contributed by atoms with E-state index in [1.165, 1.54) is 6.20 Å². The van der Waals surface area contributed by atoms with Crippen LogP contribution in [0.1, 0.15) is 0 Å². The molecule has 1 aromatic rings. The molecule has 18 heavy (non-hydrogen) atoms. The number of halogens is 2. The molecule has 7 nitrogen and oxygen atoms in total. The fraction of sp³-hybridized carbons (Fsp3) is 0.556. The molecule has 3 N–H and O–H groups in total. The number of alkyl halides is 1. The van der Waals surface area contributed by atoms with Gasteiger partial charge in [-0.3, -0.25) is 14.3 Å². The van der Waals surface area contributed by atoms with Crippen molar-refractivity contribution in [3.8, 4) is 0 Å². The number of aliphatic hydroxyl groups is 2. The molecule has 0 aliphatic heterocycles. The van der Waals surface area contributed by atoms with Crippen LogP contribution in [0.25, 0.3) is 0 Å². The van der Waals surface area contributed by atoms with Crippen molar-refractivity contribution in [2.45, 2.75) is 18.9 Å². The second-order valence-electron chi connectivity index (χ2n) is 3.44. The number of hydrogen-bond acceptors (Lipinski definition) is 5. The second kappa shape index (κ2) is 6.97. The summed E-state index contributed by atoms with van der Waals surface area (Å²) in [4.78, 5) is 24.5. The number of nitrogens with zero attached hydrogens (tertiary/aromatic N) is 1. The number of hydrogen-bond donors (Lipinski definition) is 3. The van der Waals surface area contributed by atoms with Crippen molar-refractivity contribution >= 4 is 22.6 Å². The number of aliphatic hydroxyl groups excluding tert-OH is 2. The van der Waals surface area contributed by atoms with Gasteiger partial charge in [0.2, 0.25) is 0 Å². The summed E-state index contributed by atoms with van der Waals surface area (Å²) in [5.41, 5.74) is -1.20. The molecule has 2 atom stereocenters. The summed E-state index contributed by atoms with van der Waals surface area (Å²) in [6.07, 6.45) is -1.34. The van der Waals surface area contributed by atoms with E-state index < -0.39 is 36.7 Å². The van der Waals surface area contributed by atoms with Crippen LogP contribution < -0.4 is 11.2 Å². The highest BCUT2D eigenvalue weighted by Crippen LogP contribution is 2.01. The molecule has 0 radical (unpaired) electrons. The summed E-state index contributed by atoms with van der Waals surface area (Å²) in [5, 5.41) is 18.0. The van der Waals surface area contributed by atoms with Crippen LogP contribution >= 0.6 is 22.6 Å². The van der Waals surface area contributed by atoms with Gasteiger partial charge in [0, 0.05) is 6.20 Å². The molecule has 1 heterocycles. The monoisotopic (exact) mass is 374 g/mol. The molecule has 0 aliphatic rings. The predicted molar refractivity (Wildman–Crippen MR) is 68.0 cm³/mol. The van der Waals surface area contributed by atoms with E-state index in [4.69, 9.17) is 14.9 Å². The lowest BCUT2D eigenvalue weighted by atomic mass is 10.2. The van der Waals surface area contributed by atoms with E-state index in [1.807, 2.05) is 0 Å². The molecule has 0 bridgehead atoms. The minimum absolute atomic E-state index is 0.280. The standard InChI is InChI=1S/C9H12FIN2O5/c10-1-6(15)7(3-14)18-4-13-2-5(11)8(16)12-9(13)17/h2,6-7,14-15H,1,3-4H2,(H,12,16,17)/t6-,7+/m0/s1. The normalized spacial score (nSPS) is 14.4. The summed E-state index contributed by atoms with van der Waals surface area (Å²) in [6, 6.07) is 0. The molecule has 1 aromatic heterocycles. The highest BCUT2D eigenvalue weighted by molar-refractivity contribution is 14.1. The zero-order valence-corrected chi connectivity index (χ0v) is 11.3. The van der Waals surface area contributed by atoms with Crippen LogP contribution in [0.3, 0.4) is 0 Å². The molecule has 0 saturated heterocycles. The van der Waals surface area contributed by atoms with Gasteiger partial charge >= 0.3 is 5.69 Å². The van der Waals surface area contributed by atoms with E-state index in [0.717, 1.165) is 4.57 Å². The number of aromatic nitrogens is 2. The van der Waals surface area contributed by atoms with Gasteiger partial charge < -0.3 is 14.9 Å². The molecule has 0 aromatic carbocycles. The van der Waals surface area contributed by atoms with Gasteiger partial charge in [-0.2, -0.15) is 0 Å². The van der Waals surface area contributed by atoms with Crippen LogP contribution in [-0.2, 0) is 11.5 Å². The molecule has 0 saturated carbocycles. The Labute approximate surface area is 114 Å². The van der Waals surface area contributed by atoms with Crippen molar-refractivity contribution in [3.63, 3.8) is 0 Å². The van der Waals surface area contributed by atoms with Gasteiger partial charge in [0.25, 0.3) is 5.56 Å². The summed E-state index contributed by atoms with van der Waals surface area (Å²) in [6.45, 7) is -1.96. The smallest absolute Gasteiger partial charge is 0.330 e. The molecule has 9 heteroatoms. The number of ether oxygens (including phenoxy) is 1. The Morgan fingerprint density at radius 2 is 2.22 bits per heavy atom. The van der Waals surface area contributed by atoms with Gasteiger partial charge in [-0.15, -0.1) is 0 Å². The third-order valence-electron chi connectivity index (χ3n) is 2.16. The summed E-state index contributed by atoms with van der Waals surface area (Å²) in [5.74, 6) is 0. The Morgan fingerprint density at radius 1 is 1.56 bits per heavy atom. The maximum Gasteiger partial charge on any atom is 0.330 e. The maximum absolute atomic E-state index is 12.2. The first-order chi connectivity index (χ1) is 8.49. The molecule has 0 aliphatic carbocycles. The maximum atomic E-state index is 12.2. The van der Waals surface area contributed by atoms with Gasteiger partial charge in [0.05, 0.1) is 10.2 Å². The third-order valence-corrected chi connectivity index (χ3v) is 2.93. The van der Waals surface area contributed by atoms with Crippen molar-refractivity contribution in [1.29, 1.82) is 0 Å². The first-order valence-electron chi connectivity index (χ1n) is 4.95. The Morgan fingerprint density at radius 3 is 2.78 bits per heavy atom. The van der Waals surface area contributed by atoms with Crippen LogP contribution in [0.2, 0.25) is 0 Å². The van der Waals surface area contributed by atoms with Crippen LogP contribution in [0.4, 0.5) is 4.39 Å². The topological polar surface area (TPSA) is 105 Å². The van der Waals surface area contributed by atoms with Gasteiger partial charge in [-0.05, 0) is 22.6 Å². The van der Waals surface area contributed by atoms with E-state index in [2.05, 4.69) is 4.98 Å². The Kier molecular flexibility index (Phi) is 5.91. The van der Waals surface area contributed by atoms with Gasteiger partial charge in [-0.25, -0.2) is 9.18 Å². The number of nitrogens with one attached hydrogen (secondary N) is 1. The highest BCUT2D eigenvalue weighted by atomic mass is 127. The molecule has 1 rings (SSSR count). The van der Waals surface area contributed by atoms with Crippen LogP contribution in [0.15, 0.2) is 15.8 Å². The molecule has 102 valence electrons. The number of aromatic amines is 1. The van der Waals surface area contributed by atoms with E-state index in [9.17, 15) is 14.0 Å². The second-order valence-corrected chi connectivity index (χ2v) is 4.61. The molecular weight excluding hydrogens is 362 g/mol. The Hall–Kier alpha value is -0.780. The number of H-pyrrole nitrogens is 1. The van der Waals surface area contributed by atoms with Crippen LogP contribution in [-0.4, -0.2) is 45.3 Å². The highest BCUT2D eigenvalue weighted by Gasteiger charge is 2.19. The van der Waals surface area contributed by atoms with E-state index >= 15 is 0 Å². The summed E-state index contributed by atoms with van der Waals surface area (Å²) >= 11 is 1.74. The third kappa shape index (κ3) is 3.86. The van der Waals surface area contributed by atoms with Crippen LogP contribution in [0.5, 0.6) is 0 Å². The fourth-order valence-corrected chi connectivity index (χ4v) is 1.61. The fourth-order valence-electron chi connectivity index (χ4n) is 1.14. The minimum Gasteiger partial charge on any atom is -0.394 e. The molecule has 0 unspecified atom stereocenters. The first kappa shape index (κ1) is 15.3. The Balaban J connectivity index is 2.77. The van der Waals surface area contributed by atoms with Crippen molar-refractivity contribution in [1.82, 2.24) is 9.55 Å². The lowest BCUT2D eigenvalue weighted by Crippen LogP contribution is -2.37. The summed E-state index contributed by atoms with van der Waals surface area (Å²) < 4.78 is 18.5. The molecule has 0 amide bonds. The zero-order valence-electron chi connectivity index (χ0n) is 9.18. The lowest BCUT2D eigenvalue weighted by molar-refractivity contribution is -0.0936. The molecular formula is C9H12FIN2O5. The van der Waals surface area contributed by atoms with Crippen molar-refractivity contribution < 1.29 is 19.3 Å². The minimum atomic E-state index is -1.47. The quantitative estimate of drug-likeness (QED) is 0.543. The SMILES string of the molecule is O=c1[nH]c(=O)n(CO[C@H](CO)[C@@H](O)CF)cc1I. The van der Waals surface area contributed by atoms with Gasteiger partial charge in [0.1, 0.15) is 25.6 Å². The van der Waals surface area contributed by atoms with Crippen molar-refractivity contribution in [2.24, 2.45) is 0 Å². The Bertz CT molecular complexity index is 502. The first-order valence-corrected chi connectivity index (χ1v) is 6.03. The van der Waals surface area contributed by atoms with Crippen LogP contribution in [0, 0.1) is 3.57 Å². The molecule has 0 spiro atoms. The zero-order chi connectivity index (χ0) is 13.7. The lowest BCUT2D eigenvalue weighted by Gasteiger charge is -2.19. The summed E-state index contributed by atoms with van der Waals surface area (Å²) in [7, 11) is 0.